The zero-order valence-electron chi connectivity index (χ0n) is 16.7. The van der Waals surface area contributed by atoms with Crippen molar-refractivity contribution in [2.75, 3.05) is 38.1 Å². The van der Waals surface area contributed by atoms with Gasteiger partial charge in [-0.1, -0.05) is 11.6 Å². The van der Waals surface area contributed by atoms with Gasteiger partial charge in [-0.15, -0.1) is 0 Å². The standard InChI is InChI=1S/C21H20ClN3O5/c1-28-17-8-15(9-18(29-2)20(17)30-3)25-11-13(6-19(25)26)21(27)24-14-5-4-12(10-23)16(22)7-14/h4-5,7-9,13H,6,11H2,1-3H3,(H,24,27). The fraction of sp³-hybridized carbons (Fsp3) is 0.286. The van der Waals surface area contributed by atoms with Crippen molar-refractivity contribution in [1.29, 1.82) is 5.26 Å². The van der Waals surface area contributed by atoms with Crippen LogP contribution in [-0.2, 0) is 9.59 Å². The minimum absolute atomic E-state index is 0.0620. The summed E-state index contributed by atoms with van der Waals surface area (Å²) in [6, 6.07) is 9.92. The normalized spacial score (nSPS) is 15.5. The molecule has 0 radical (unpaired) electrons. The zero-order chi connectivity index (χ0) is 21.8. The van der Waals surface area contributed by atoms with Crippen molar-refractivity contribution in [1.82, 2.24) is 0 Å². The van der Waals surface area contributed by atoms with Crippen LogP contribution < -0.4 is 24.4 Å². The predicted octanol–water partition coefficient (Wildman–Crippen LogP) is 3.23. The zero-order valence-corrected chi connectivity index (χ0v) is 17.4. The van der Waals surface area contributed by atoms with Gasteiger partial charge in [0.15, 0.2) is 11.5 Å². The summed E-state index contributed by atoms with van der Waals surface area (Å²) in [5, 5.41) is 11.9. The molecule has 2 aromatic rings. The van der Waals surface area contributed by atoms with Gasteiger partial charge < -0.3 is 24.4 Å². The number of carbonyl (C=O) groups is 2. The van der Waals surface area contributed by atoms with Crippen molar-refractivity contribution in [2.24, 2.45) is 5.92 Å². The van der Waals surface area contributed by atoms with Crippen LogP contribution in [0.2, 0.25) is 5.02 Å². The van der Waals surface area contributed by atoms with Crippen LogP contribution in [0.3, 0.4) is 0 Å². The molecule has 1 fully saturated rings. The molecule has 0 saturated carbocycles. The van der Waals surface area contributed by atoms with Gasteiger partial charge in [-0.3, -0.25) is 9.59 Å². The molecular formula is C21H20ClN3O5. The van der Waals surface area contributed by atoms with E-state index in [2.05, 4.69) is 5.32 Å². The second kappa shape index (κ2) is 8.93. The SMILES string of the molecule is COc1cc(N2CC(C(=O)Nc3ccc(C#N)c(Cl)c3)CC2=O)cc(OC)c1OC. The lowest BCUT2D eigenvalue weighted by molar-refractivity contribution is -0.122. The van der Waals surface area contributed by atoms with Crippen molar-refractivity contribution in [2.45, 2.75) is 6.42 Å². The molecule has 0 aromatic heterocycles. The highest BCUT2D eigenvalue weighted by atomic mass is 35.5. The van der Waals surface area contributed by atoms with E-state index in [1.54, 1.807) is 18.2 Å². The number of nitrogens with one attached hydrogen (secondary N) is 1. The summed E-state index contributed by atoms with van der Waals surface area (Å²) >= 11 is 6.01. The average molecular weight is 430 g/mol. The molecule has 30 heavy (non-hydrogen) atoms. The van der Waals surface area contributed by atoms with Crippen molar-refractivity contribution in [3.8, 4) is 23.3 Å². The number of methoxy groups -OCH3 is 3. The number of ether oxygens (including phenoxy) is 3. The second-order valence-electron chi connectivity index (χ2n) is 6.58. The van der Waals surface area contributed by atoms with E-state index in [4.69, 9.17) is 31.1 Å². The Bertz CT molecular complexity index is 1010. The smallest absolute Gasteiger partial charge is 0.229 e. The maximum atomic E-state index is 12.7. The Balaban J connectivity index is 1.79. The van der Waals surface area contributed by atoms with E-state index in [-0.39, 0.29) is 29.8 Å². The third kappa shape index (κ3) is 4.11. The quantitative estimate of drug-likeness (QED) is 0.756. The highest BCUT2D eigenvalue weighted by Crippen LogP contribution is 2.42. The van der Waals surface area contributed by atoms with E-state index in [0.29, 0.717) is 34.2 Å². The summed E-state index contributed by atoms with van der Waals surface area (Å²) in [4.78, 5) is 26.8. The summed E-state index contributed by atoms with van der Waals surface area (Å²) in [5.74, 6) is 0.203. The third-order valence-corrected chi connectivity index (χ3v) is 5.13. The Morgan fingerprint density at radius 3 is 2.37 bits per heavy atom. The molecule has 3 rings (SSSR count). The van der Waals surface area contributed by atoms with Gasteiger partial charge in [0.25, 0.3) is 0 Å². The molecule has 1 unspecified atom stereocenters. The number of hydrogen-bond acceptors (Lipinski definition) is 6. The molecule has 0 aliphatic carbocycles. The summed E-state index contributed by atoms with van der Waals surface area (Å²) in [6.45, 7) is 0.202. The number of hydrogen-bond donors (Lipinski definition) is 1. The van der Waals surface area contributed by atoms with Crippen LogP contribution in [0.4, 0.5) is 11.4 Å². The van der Waals surface area contributed by atoms with E-state index in [1.165, 1.54) is 38.4 Å². The first-order valence-electron chi connectivity index (χ1n) is 9.02. The Labute approximate surface area is 178 Å². The van der Waals surface area contributed by atoms with E-state index >= 15 is 0 Å². The Hall–Kier alpha value is -3.44. The van der Waals surface area contributed by atoms with Gasteiger partial charge in [0, 0.05) is 30.8 Å². The maximum Gasteiger partial charge on any atom is 0.229 e. The lowest BCUT2D eigenvalue weighted by atomic mass is 10.1. The molecule has 0 bridgehead atoms. The van der Waals surface area contributed by atoms with Crippen molar-refractivity contribution >= 4 is 34.8 Å². The lowest BCUT2D eigenvalue weighted by Crippen LogP contribution is -2.28. The van der Waals surface area contributed by atoms with E-state index in [0.717, 1.165) is 0 Å². The first-order valence-corrected chi connectivity index (χ1v) is 9.40. The Morgan fingerprint density at radius 1 is 1.17 bits per heavy atom. The molecule has 1 N–H and O–H groups in total. The summed E-state index contributed by atoms with van der Waals surface area (Å²) < 4.78 is 16.0. The molecule has 1 aliphatic heterocycles. The van der Waals surface area contributed by atoms with Gasteiger partial charge in [-0.2, -0.15) is 5.26 Å². The number of carbonyl (C=O) groups excluding carboxylic acids is 2. The van der Waals surface area contributed by atoms with E-state index in [1.807, 2.05) is 6.07 Å². The largest absolute Gasteiger partial charge is 0.493 e. The molecule has 2 amide bonds. The molecular weight excluding hydrogens is 410 g/mol. The van der Waals surface area contributed by atoms with Gasteiger partial charge in [-0.05, 0) is 18.2 Å². The van der Waals surface area contributed by atoms with E-state index < -0.39 is 5.92 Å². The molecule has 156 valence electrons. The molecule has 0 spiro atoms. The van der Waals surface area contributed by atoms with Crippen molar-refractivity contribution in [3.05, 3.63) is 40.9 Å². The van der Waals surface area contributed by atoms with E-state index in [9.17, 15) is 9.59 Å². The van der Waals surface area contributed by atoms with Gasteiger partial charge in [-0.25, -0.2) is 0 Å². The van der Waals surface area contributed by atoms with Crippen molar-refractivity contribution < 1.29 is 23.8 Å². The Morgan fingerprint density at radius 2 is 1.83 bits per heavy atom. The number of rotatable bonds is 6. The molecule has 1 saturated heterocycles. The van der Waals surface area contributed by atoms with Gasteiger partial charge in [0.2, 0.25) is 17.6 Å². The highest BCUT2D eigenvalue weighted by molar-refractivity contribution is 6.32. The van der Waals surface area contributed by atoms with Crippen LogP contribution in [0.5, 0.6) is 17.2 Å². The minimum atomic E-state index is -0.550. The fourth-order valence-corrected chi connectivity index (χ4v) is 3.51. The molecule has 1 atom stereocenters. The predicted molar refractivity (Wildman–Crippen MR) is 111 cm³/mol. The van der Waals surface area contributed by atoms with Crippen LogP contribution in [-0.4, -0.2) is 39.7 Å². The third-order valence-electron chi connectivity index (χ3n) is 4.81. The van der Waals surface area contributed by atoms with Crippen LogP contribution in [0.1, 0.15) is 12.0 Å². The first-order chi connectivity index (χ1) is 14.4. The number of halogens is 1. The summed E-state index contributed by atoms with van der Waals surface area (Å²) in [5.41, 5.74) is 1.33. The summed E-state index contributed by atoms with van der Waals surface area (Å²) in [6.07, 6.45) is 0.0620. The van der Waals surface area contributed by atoms with Crippen LogP contribution in [0.25, 0.3) is 0 Å². The average Bonchev–Trinajstić information content (AvgIpc) is 3.14. The number of amides is 2. The molecule has 2 aromatic carbocycles. The number of nitriles is 1. The first kappa shape index (κ1) is 21.3. The fourth-order valence-electron chi connectivity index (χ4n) is 3.28. The van der Waals surface area contributed by atoms with Crippen molar-refractivity contribution in [3.63, 3.8) is 0 Å². The molecule has 1 heterocycles. The van der Waals surface area contributed by atoms with Gasteiger partial charge >= 0.3 is 0 Å². The Kier molecular flexibility index (Phi) is 6.33. The maximum absolute atomic E-state index is 12.7. The highest BCUT2D eigenvalue weighted by Gasteiger charge is 2.36. The second-order valence-corrected chi connectivity index (χ2v) is 6.99. The molecule has 1 aliphatic rings. The number of benzene rings is 2. The van der Waals surface area contributed by atoms with Crippen LogP contribution in [0, 0.1) is 17.2 Å². The minimum Gasteiger partial charge on any atom is -0.493 e. The van der Waals surface area contributed by atoms with Crippen LogP contribution >= 0.6 is 11.6 Å². The molecule has 9 heteroatoms. The monoisotopic (exact) mass is 429 g/mol. The van der Waals surface area contributed by atoms with Gasteiger partial charge in [0.1, 0.15) is 6.07 Å². The summed E-state index contributed by atoms with van der Waals surface area (Å²) in [7, 11) is 4.48. The molecule has 8 nitrogen and oxygen atoms in total. The number of anilines is 2. The number of nitrogens with zero attached hydrogens (tertiary/aromatic N) is 2. The lowest BCUT2D eigenvalue weighted by Gasteiger charge is -2.20. The van der Waals surface area contributed by atoms with Gasteiger partial charge in [0.05, 0.1) is 43.5 Å². The topological polar surface area (TPSA) is 101 Å². The van der Waals surface area contributed by atoms with Crippen LogP contribution in [0.15, 0.2) is 30.3 Å².